The third-order valence-corrected chi connectivity index (χ3v) is 3.87. The summed E-state index contributed by atoms with van der Waals surface area (Å²) < 4.78 is 2.12. The second kappa shape index (κ2) is 6.67. The fraction of sp³-hybridized carbons (Fsp3) is 0.167. The van der Waals surface area contributed by atoms with Gasteiger partial charge in [-0.25, -0.2) is 4.98 Å². The van der Waals surface area contributed by atoms with Crippen molar-refractivity contribution in [3.63, 3.8) is 0 Å². The normalized spacial score (nSPS) is 10.8. The molecule has 3 nitrogen and oxygen atoms in total. The molecular weight excluding hydrogens is 296 g/mol. The van der Waals surface area contributed by atoms with Crippen LogP contribution in [0.25, 0.3) is 0 Å². The molecule has 1 aromatic heterocycles. The molecule has 0 bridgehead atoms. The number of hydrogen-bond acceptors (Lipinski definition) is 2. The molecule has 1 heterocycles. The molecule has 3 rings (SSSR count). The smallest absolute Gasteiger partial charge is 0.115 e. The van der Waals surface area contributed by atoms with Crippen LogP contribution < -0.4 is 0 Å². The van der Waals surface area contributed by atoms with Crippen LogP contribution in [-0.2, 0) is 19.4 Å². The zero-order chi connectivity index (χ0) is 15.4. The van der Waals surface area contributed by atoms with E-state index in [0.29, 0.717) is 12.3 Å². The maximum atomic E-state index is 9.55. The van der Waals surface area contributed by atoms with Crippen molar-refractivity contribution in [1.82, 2.24) is 9.55 Å². The molecule has 0 fully saturated rings. The van der Waals surface area contributed by atoms with Crippen LogP contribution in [-0.4, -0.2) is 14.7 Å². The molecule has 0 aliphatic carbocycles. The minimum atomic E-state index is 0.292. The molecule has 112 valence electrons. The first-order valence-corrected chi connectivity index (χ1v) is 7.61. The molecule has 0 saturated heterocycles. The molecule has 2 aromatic carbocycles. The number of aryl methyl sites for hydroxylation is 2. The Labute approximate surface area is 134 Å². The van der Waals surface area contributed by atoms with Crippen molar-refractivity contribution < 1.29 is 5.11 Å². The number of phenolic OH excluding ortho intramolecular Hbond substituents is 1. The molecule has 0 radical (unpaired) electrons. The molecule has 0 aliphatic heterocycles. The maximum absolute atomic E-state index is 9.55. The predicted octanol–water partition coefficient (Wildman–Crippen LogP) is 4.08. The van der Waals surface area contributed by atoms with Gasteiger partial charge in [-0.3, -0.25) is 0 Å². The topological polar surface area (TPSA) is 38.0 Å². The lowest BCUT2D eigenvalue weighted by Gasteiger charge is -2.08. The van der Waals surface area contributed by atoms with Crippen LogP contribution in [0.4, 0.5) is 0 Å². The predicted molar refractivity (Wildman–Crippen MR) is 88.3 cm³/mol. The van der Waals surface area contributed by atoms with Crippen molar-refractivity contribution in [3.05, 3.63) is 82.9 Å². The number of halogens is 1. The van der Waals surface area contributed by atoms with Crippen molar-refractivity contribution in [2.45, 2.75) is 19.4 Å². The van der Waals surface area contributed by atoms with Gasteiger partial charge in [0.15, 0.2) is 0 Å². The number of phenols is 1. The summed E-state index contributed by atoms with van der Waals surface area (Å²) in [5, 5.41) is 10.3. The van der Waals surface area contributed by atoms with Crippen molar-refractivity contribution in [2.75, 3.05) is 0 Å². The Balaban J connectivity index is 1.68. The summed E-state index contributed by atoms with van der Waals surface area (Å²) in [6.45, 7) is 0.713. The SMILES string of the molecule is Oc1cccc(Cn2ccnc2CCc2ccc(Cl)cc2)c1. The number of rotatable bonds is 5. The third-order valence-electron chi connectivity index (χ3n) is 3.62. The molecule has 0 amide bonds. The van der Waals surface area contributed by atoms with Crippen LogP contribution in [0.1, 0.15) is 17.0 Å². The third kappa shape index (κ3) is 3.68. The molecule has 0 unspecified atom stereocenters. The molecular formula is C18H17ClN2O. The minimum Gasteiger partial charge on any atom is -0.508 e. The Morgan fingerprint density at radius 2 is 1.82 bits per heavy atom. The quantitative estimate of drug-likeness (QED) is 0.771. The molecule has 22 heavy (non-hydrogen) atoms. The van der Waals surface area contributed by atoms with E-state index in [9.17, 15) is 5.11 Å². The van der Waals surface area contributed by atoms with Crippen molar-refractivity contribution in [3.8, 4) is 5.75 Å². The van der Waals surface area contributed by atoms with Gasteiger partial charge in [0, 0.05) is 30.4 Å². The van der Waals surface area contributed by atoms with Crippen LogP contribution in [0.3, 0.4) is 0 Å². The van der Waals surface area contributed by atoms with E-state index >= 15 is 0 Å². The standard InChI is InChI=1S/C18H17ClN2O/c19-16-7-4-14(5-8-16)6-9-18-20-10-11-21(18)13-15-2-1-3-17(22)12-15/h1-5,7-8,10-12,22H,6,9,13H2. The average molecular weight is 313 g/mol. The summed E-state index contributed by atoms with van der Waals surface area (Å²) in [6, 6.07) is 15.2. The fourth-order valence-corrected chi connectivity index (χ4v) is 2.60. The largest absolute Gasteiger partial charge is 0.508 e. The minimum absolute atomic E-state index is 0.292. The van der Waals surface area contributed by atoms with Gasteiger partial charge >= 0.3 is 0 Å². The molecule has 0 saturated carbocycles. The molecule has 0 spiro atoms. The molecule has 1 N–H and O–H groups in total. The van der Waals surface area contributed by atoms with Crippen LogP contribution in [0, 0.1) is 0 Å². The fourth-order valence-electron chi connectivity index (χ4n) is 2.47. The van der Waals surface area contributed by atoms with Crippen LogP contribution >= 0.6 is 11.6 Å². The Kier molecular flexibility index (Phi) is 4.45. The van der Waals surface area contributed by atoms with E-state index in [2.05, 4.69) is 9.55 Å². The number of nitrogens with zero attached hydrogens (tertiary/aromatic N) is 2. The first-order chi connectivity index (χ1) is 10.7. The highest BCUT2D eigenvalue weighted by molar-refractivity contribution is 6.30. The molecule has 4 heteroatoms. The summed E-state index contributed by atoms with van der Waals surface area (Å²) >= 11 is 5.90. The summed E-state index contributed by atoms with van der Waals surface area (Å²) in [5.74, 6) is 1.33. The van der Waals surface area contributed by atoms with E-state index in [1.165, 1.54) is 5.56 Å². The lowest BCUT2D eigenvalue weighted by Crippen LogP contribution is -2.05. The maximum Gasteiger partial charge on any atom is 0.115 e. The Morgan fingerprint density at radius 3 is 2.59 bits per heavy atom. The van der Waals surface area contributed by atoms with Gasteiger partial charge in [-0.2, -0.15) is 0 Å². The van der Waals surface area contributed by atoms with Gasteiger partial charge in [-0.15, -0.1) is 0 Å². The van der Waals surface area contributed by atoms with Gasteiger partial charge in [0.2, 0.25) is 0 Å². The van der Waals surface area contributed by atoms with Crippen LogP contribution in [0.2, 0.25) is 5.02 Å². The highest BCUT2D eigenvalue weighted by atomic mass is 35.5. The zero-order valence-corrected chi connectivity index (χ0v) is 12.9. The highest BCUT2D eigenvalue weighted by Gasteiger charge is 2.05. The first-order valence-electron chi connectivity index (χ1n) is 7.23. The monoisotopic (exact) mass is 312 g/mol. The Hall–Kier alpha value is -2.26. The van der Waals surface area contributed by atoms with Gasteiger partial charge in [0.1, 0.15) is 11.6 Å². The number of benzene rings is 2. The lowest BCUT2D eigenvalue weighted by molar-refractivity contribution is 0.474. The second-order valence-electron chi connectivity index (χ2n) is 5.27. The summed E-state index contributed by atoms with van der Waals surface area (Å²) in [4.78, 5) is 4.44. The second-order valence-corrected chi connectivity index (χ2v) is 5.70. The molecule has 0 aliphatic rings. The number of aromatic nitrogens is 2. The summed E-state index contributed by atoms with van der Waals surface area (Å²) in [7, 11) is 0. The van der Waals surface area contributed by atoms with Gasteiger partial charge in [-0.05, 0) is 41.8 Å². The van der Waals surface area contributed by atoms with E-state index < -0.39 is 0 Å². The molecule has 3 aromatic rings. The average Bonchev–Trinajstić information content (AvgIpc) is 2.94. The van der Waals surface area contributed by atoms with Crippen molar-refractivity contribution >= 4 is 11.6 Å². The van der Waals surface area contributed by atoms with Gasteiger partial charge in [0.25, 0.3) is 0 Å². The summed E-state index contributed by atoms with van der Waals surface area (Å²) in [5.41, 5.74) is 2.31. The Bertz CT molecular complexity index is 750. The Morgan fingerprint density at radius 1 is 1.00 bits per heavy atom. The van der Waals surface area contributed by atoms with Crippen molar-refractivity contribution in [1.29, 1.82) is 0 Å². The highest BCUT2D eigenvalue weighted by Crippen LogP contribution is 2.15. The number of hydrogen-bond donors (Lipinski definition) is 1. The van der Waals surface area contributed by atoms with E-state index in [4.69, 9.17) is 11.6 Å². The van der Waals surface area contributed by atoms with Gasteiger partial charge in [0.05, 0.1) is 0 Å². The summed E-state index contributed by atoms with van der Waals surface area (Å²) in [6.07, 6.45) is 5.59. The molecule has 0 atom stereocenters. The first kappa shape index (κ1) is 14.7. The van der Waals surface area contributed by atoms with E-state index in [0.717, 1.165) is 29.3 Å². The lowest BCUT2D eigenvalue weighted by atomic mass is 10.1. The number of imidazole rings is 1. The zero-order valence-electron chi connectivity index (χ0n) is 12.1. The van der Waals surface area contributed by atoms with Crippen LogP contribution in [0.15, 0.2) is 60.9 Å². The van der Waals surface area contributed by atoms with Gasteiger partial charge < -0.3 is 9.67 Å². The number of aromatic hydroxyl groups is 1. The van der Waals surface area contributed by atoms with Gasteiger partial charge in [-0.1, -0.05) is 35.9 Å². The van der Waals surface area contributed by atoms with E-state index in [-0.39, 0.29) is 0 Å². The van der Waals surface area contributed by atoms with E-state index in [1.807, 2.05) is 48.8 Å². The van der Waals surface area contributed by atoms with Crippen LogP contribution in [0.5, 0.6) is 5.75 Å². The van der Waals surface area contributed by atoms with E-state index in [1.54, 1.807) is 12.1 Å². The van der Waals surface area contributed by atoms with Crippen molar-refractivity contribution in [2.24, 2.45) is 0 Å².